The van der Waals surface area contributed by atoms with Gasteiger partial charge in [0, 0.05) is 18.3 Å². The van der Waals surface area contributed by atoms with Gasteiger partial charge in [-0.25, -0.2) is 9.97 Å². The summed E-state index contributed by atoms with van der Waals surface area (Å²) in [4.78, 5) is 19.9. The van der Waals surface area contributed by atoms with Crippen LogP contribution in [0.5, 0.6) is 0 Å². The second-order valence-corrected chi connectivity index (χ2v) is 4.50. The van der Waals surface area contributed by atoms with Crippen molar-refractivity contribution in [1.82, 2.24) is 20.6 Å². The first-order valence-corrected chi connectivity index (χ1v) is 6.08. The molecule has 1 aromatic heterocycles. The van der Waals surface area contributed by atoms with Gasteiger partial charge in [0.15, 0.2) is 0 Å². The monoisotopic (exact) mass is 254 g/mol. The van der Waals surface area contributed by atoms with Gasteiger partial charge in [-0.15, -0.1) is 0 Å². The van der Waals surface area contributed by atoms with E-state index in [1.165, 1.54) is 12.4 Å². The van der Waals surface area contributed by atoms with Crippen molar-refractivity contribution in [1.29, 1.82) is 0 Å². The molecular weight excluding hydrogens is 240 g/mol. The van der Waals surface area contributed by atoms with E-state index in [9.17, 15) is 4.79 Å². The molecule has 6 heteroatoms. The van der Waals surface area contributed by atoms with E-state index in [-0.39, 0.29) is 11.8 Å². The van der Waals surface area contributed by atoms with Crippen molar-refractivity contribution in [2.75, 3.05) is 13.1 Å². The van der Waals surface area contributed by atoms with Crippen molar-refractivity contribution in [3.8, 4) is 0 Å². The largest absolute Gasteiger partial charge is 0.349 e. The fourth-order valence-corrected chi connectivity index (χ4v) is 1.92. The third-order valence-corrected chi connectivity index (χ3v) is 3.00. The number of hydrogen-bond acceptors (Lipinski definition) is 4. The highest BCUT2D eigenvalue weighted by Gasteiger charge is 2.20. The molecule has 1 amide bonds. The lowest BCUT2D eigenvalue weighted by molar-refractivity contribution is -0.125. The van der Waals surface area contributed by atoms with E-state index < -0.39 is 0 Å². The number of amides is 1. The van der Waals surface area contributed by atoms with Crippen molar-refractivity contribution < 1.29 is 4.79 Å². The van der Waals surface area contributed by atoms with Gasteiger partial charge in [0.05, 0.1) is 11.6 Å². The number of carbonyl (C=O) groups excluding carboxylic acids is 1. The molecule has 0 bridgehead atoms. The highest BCUT2D eigenvalue weighted by Crippen LogP contribution is 2.11. The number of piperidine rings is 1. The van der Waals surface area contributed by atoms with E-state index in [1.54, 1.807) is 0 Å². The topological polar surface area (TPSA) is 66.9 Å². The molecule has 2 rings (SSSR count). The molecule has 1 fully saturated rings. The molecule has 2 heterocycles. The summed E-state index contributed by atoms with van der Waals surface area (Å²) in [5, 5.41) is 6.58. The van der Waals surface area contributed by atoms with Gasteiger partial charge in [-0.2, -0.15) is 0 Å². The Morgan fingerprint density at radius 2 is 2.06 bits per heavy atom. The second kappa shape index (κ2) is 5.93. The van der Waals surface area contributed by atoms with Gasteiger partial charge in [0.25, 0.3) is 0 Å². The van der Waals surface area contributed by atoms with Crippen molar-refractivity contribution in [2.45, 2.75) is 19.4 Å². The summed E-state index contributed by atoms with van der Waals surface area (Å²) in [7, 11) is 0. The molecule has 92 valence electrons. The Morgan fingerprint density at radius 1 is 1.41 bits per heavy atom. The summed E-state index contributed by atoms with van der Waals surface area (Å²) < 4.78 is 0. The Labute approximate surface area is 105 Å². The molecular formula is C11H15ClN4O. The normalized spacial score (nSPS) is 16.8. The van der Waals surface area contributed by atoms with Crippen LogP contribution in [0.25, 0.3) is 0 Å². The van der Waals surface area contributed by atoms with E-state index in [4.69, 9.17) is 11.6 Å². The van der Waals surface area contributed by atoms with Gasteiger partial charge in [-0.1, -0.05) is 11.6 Å². The van der Waals surface area contributed by atoms with Crippen LogP contribution in [0.15, 0.2) is 12.4 Å². The van der Waals surface area contributed by atoms with Gasteiger partial charge in [0.2, 0.25) is 5.91 Å². The fourth-order valence-electron chi connectivity index (χ4n) is 1.82. The molecule has 0 unspecified atom stereocenters. The number of carbonyl (C=O) groups is 1. The quantitative estimate of drug-likeness (QED) is 0.835. The zero-order valence-electron chi connectivity index (χ0n) is 9.45. The number of aromatic nitrogens is 2. The first-order valence-electron chi connectivity index (χ1n) is 5.70. The molecule has 1 aliphatic heterocycles. The zero-order chi connectivity index (χ0) is 12.1. The third kappa shape index (κ3) is 3.64. The SMILES string of the molecule is O=C(NCc1ncc(Cl)cn1)C1CCNCC1. The average Bonchev–Trinajstić information content (AvgIpc) is 2.39. The Hall–Kier alpha value is -1.20. The maximum Gasteiger partial charge on any atom is 0.223 e. The fraction of sp³-hybridized carbons (Fsp3) is 0.545. The lowest BCUT2D eigenvalue weighted by Crippen LogP contribution is -2.38. The van der Waals surface area contributed by atoms with Crippen molar-refractivity contribution in [3.05, 3.63) is 23.2 Å². The summed E-state index contributed by atoms with van der Waals surface area (Å²) in [6, 6.07) is 0. The van der Waals surface area contributed by atoms with Gasteiger partial charge in [-0.05, 0) is 25.9 Å². The van der Waals surface area contributed by atoms with Crippen LogP contribution >= 0.6 is 11.6 Å². The van der Waals surface area contributed by atoms with Crippen molar-refractivity contribution >= 4 is 17.5 Å². The zero-order valence-corrected chi connectivity index (χ0v) is 10.2. The van der Waals surface area contributed by atoms with Crippen LogP contribution in [0.3, 0.4) is 0 Å². The molecule has 0 aromatic carbocycles. The molecule has 0 spiro atoms. The molecule has 0 saturated carbocycles. The Morgan fingerprint density at radius 3 is 2.71 bits per heavy atom. The van der Waals surface area contributed by atoms with Crippen LogP contribution in [0, 0.1) is 5.92 Å². The summed E-state index contributed by atoms with van der Waals surface area (Å²) in [6.07, 6.45) is 4.85. The maximum absolute atomic E-state index is 11.8. The number of nitrogens with zero attached hydrogens (tertiary/aromatic N) is 2. The number of halogens is 1. The number of hydrogen-bond donors (Lipinski definition) is 2. The molecule has 2 N–H and O–H groups in total. The van der Waals surface area contributed by atoms with Crippen LogP contribution in [0.1, 0.15) is 18.7 Å². The first kappa shape index (κ1) is 12.3. The van der Waals surface area contributed by atoms with Crippen LogP contribution in [0.4, 0.5) is 0 Å². The lowest BCUT2D eigenvalue weighted by atomic mass is 9.97. The molecule has 0 aliphatic carbocycles. The van der Waals surface area contributed by atoms with E-state index >= 15 is 0 Å². The third-order valence-electron chi connectivity index (χ3n) is 2.80. The highest BCUT2D eigenvalue weighted by molar-refractivity contribution is 6.30. The summed E-state index contributed by atoms with van der Waals surface area (Å²) in [6.45, 7) is 2.19. The molecule has 1 aromatic rings. The summed E-state index contributed by atoms with van der Waals surface area (Å²) in [5.41, 5.74) is 0. The molecule has 1 saturated heterocycles. The Balaban J connectivity index is 1.81. The second-order valence-electron chi connectivity index (χ2n) is 4.06. The molecule has 0 radical (unpaired) electrons. The standard InChI is InChI=1S/C11H15ClN4O/c12-9-5-14-10(15-6-9)7-16-11(17)8-1-3-13-4-2-8/h5-6,8,13H,1-4,7H2,(H,16,17). The van der Waals surface area contributed by atoms with Gasteiger partial charge < -0.3 is 10.6 Å². The van der Waals surface area contributed by atoms with E-state index in [0.717, 1.165) is 25.9 Å². The van der Waals surface area contributed by atoms with Gasteiger partial charge in [-0.3, -0.25) is 4.79 Å². The molecule has 1 aliphatic rings. The Kier molecular flexibility index (Phi) is 4.28. The predicted octanol–water partition coefficient (Wildman–Crippen LogP) is 0.746. The van der Waals surface area contributed by atoms with Gasteiger partial charge in [0.1, 0.15) is 5.82 Å². The van der Waals surface area contributed by atoms with Crippen LogP contribution in [-0.2, 0) is 11.3 Å². The van der Waals surface area contributed by atoms with Crippen LogP contribution in [-0.4, -0.2) is 29.0 Å². The number of nitrogens with one attached hydrogen (secondary N) is 2. The minimum absolute atomic E-state index is 0.0880. The maximum atomic E-state index is 11.8. The van der Waals surface area contributed by atoms with Crippen molar-refractivity contribution in [2.24, 2.45) is 5.92 Å². The predicted molar refractivity (Wildman–Crippen MR) is 64.5 cm³/mol. The molecule has 17 heavy (non-hydrogen) atoms. The van der Waals surface area contributed by atoms with Crippen LogP contribution < -0.4 is 10.6 Å². The average molecular weight is 255 g/mol. The Bertz CT molecular complexity index is 376. The van der Waals surface area contributed by atoms with Crippen molar-refractivity contribution in [3.63, 3.8) is 0 Å². The minimum atomic E-state index is 0.0880. The summed E-state index contributed by atoms with van der Waals surface area (Å²) in [5.74, 6) is 0.783. The molecule has 5 nitrogen and oxygen atoms in total. The number of rotatable bonds is 3. The minimum Gasteiger partial charge on any atom is -0.349 e. The molecule has 0 atom stereocenters. The van der Waals surface area contributed by atoms with E-state index in [0.29, 0.717) is 17.4 Å². The van der Waals surface area contributed by atoms with E-state index in [2.05, 4.69) is 20.6 Å². The smallest absolute Gasteiger partial charge is 0.223 e. The highest BCUT2D eigenvalue weighted by atomic mass is 35.5. The van der Waals surface area contributed by atoms with Crippen LogP contribution in [0.2, 0.25) is 5.02 Å². The lowest BCUT2D eigenvalue weighted by Gasteiger charge is -2.21. The van der Waals surface area contributed by atoms with E-state index in [1.807, 2.05) is 0 Å². The first-order chi connectivity index (χ1) is 8.25. The van der Waals surface area contributed by atoms with Gasteiger partial charge >= 0.3 is 0 Å². The summed E-state index contributed by atoms with van der Waals surface area (Å²) >= 11 is 5.68.